The molecule has 0 atom stereocenters. The van der Waals surface area contributed by atoms with E-state index in [-0.39, 0.29) is 5.41 Å². The molecule has 1 aromatic rings. The van der Waals surface area contributed by atoms with Gasteiger partial charge in [-0.2, -0.15) is 5.26 Å². The molecule has 0 aliphatic carbocycles. The Bertz CT molecular complexity index is 461. The van der Waals surface area contributed by atoms with Gasteiger partial charge in [-0.05, 0) is 24.3 Å². The molecule has 1 aliphatic rings. The quantitative estimate of drug-likeness (QED) is 0.849. The van der Waals surface area contributed by atoms with Crippen LogP contribution in [-0.4, -0.2) is 24.7 Å². The Morgan fingerprint density at radius 1 is 1.56 bits per heavy atom. The minimum absolute atomic E-state index is 0.203. The highest BCUT2D eigenvalue weighted by atomic mass is 16.5. The molecule has 0 aromatic carbocycles. The molecule has 0 saturated carbocycles. The zero-order chi connectivity index (χ0) is 13.0. The van der Waals surface area contributed by atoms with Gasteiger partial charge in [0.05, 0.1) is 11.3 Å². The summed E-state index contributed by atoms with van der Waals surface area (Å²) in [5.74, 6) is 0.599. The Labute approximate surface area is 107 Å². The Morgan fingerprint density at radius 2 is 2.28 bits per heavy atom. The number of nitriles is 1. The molecule has 1 saturated heterocycles. The molecule has 5 heteroatoms. The molecule has 1 fully saturated rings. The highest BCUT2D eigenvalue weighted by Gasteiger charge is 2.27. The number of nitrogen functional groups attached to an aromatic ring is 1. The summed E-state index contributed by atoms with van der Waals surface area (Å²) in [5.41, 5.74) is 6.97. The maximum atomic E-state index is 8.91. The lowest BCUT2D eigenvalue weighted by atomic mass is 9.82. The molecular weight excluding hydrogens is 228 g/mol. The van der Waals surface area contributed by atoms with Crippen molar-refractivity contribution in [2.45, 2.75) is 19.8 Å². The normalized spacial score (nSPS) is 18.0. The van der Waals surface area contributed by atoms with Crippen LogP contribution in [0.25, 0.3) is 0 Å². The summed E-state index contributed by atoms with van der Waals surface area (Å²) in [5, 5.41) is 12.2. The monoisotopic (exact) mass is 246 g/mol. The predicted octanol–water partition coefficient (Wildman–Crippen LogP) is 1.76. The number of nitrogens with one attached hydrogen (secondary N) is 1. The van der Waals surface area contributed by atoms with Gasteiger partial charge in [-0.15, -0.1) is 0 Å². The second-order valence-electron chi connectivity index (χ2n) is 5.01. The minimum atomic E-state index is 0.203. The molecule has 0 amide bonds. The average Bonchev–Trinajstić information content (AvgIpc) is 2.38. The second-order valence-corrected chi connectivity index (χ2v) is 5.01. The first-order valence-electron chi connectivity index (χ1n) is 6.11. The van der Waals surface area contributed by atoms with Crippen molar-refractivity contribution in [3.05, 3.63) is 17.8 Å². The van der Waals surface area contributed by atoms with Crippen LogP contribution in [-0.2, 0) is 4.74 Å². The summed E-state index contributed by atoms with van der Waals surface area (Å²) in [6.45, 7) is 4.63. The number of hydrogen-bond acceptors (Lipinski definition) is 5. The maximum Gasteiger partial charge on any atom is 0.150 e. The number of pyridine rings is 1. The predicted molar refractivity (Wildman–Crippen MR) is 70.0 cm³/mol. The fourth-order valence-corrected chi connectivity index (χ4v) is 2.05. The van der Waals surface area contributed by atoms with Crippen LogP contribution in [0.5, 0.6) is 0 Å². The molecule has 3 N–H and O–H groups in total. The zero-order valence-corrected chi connectivity index (χ0v) is 10.6. The van der Waals surface area contributed by atoms with E-state index in [1.807, 2.05) is 0 Å². The van der Waals surface area contributed by atoms with Gasteiger partial charge in [0.25, 0.3) is 0 Å². The number of hydrogen-bond donors (Lipinski definition) is 2. The highest BCUT2D eigenvalue weighted by Crippen LogP contribution is 2.30. The van der Waals surface area contributed by atoms with Crippen molar-refractivity contribution in [2.75, 3.05) is 30.8 Å². The van der Waals surface area contributed by atoms with Crippen molar-refractivity contribution in [2.24, 2.45) is 5.41 Å². The van der Waals surface area contributed by atoms with Crippen LogP contribution >= 0.6 is 0 Å². The molecule has 0 radical (unpaired) electrons. The SMILES string of the molecule is CC1(CNc2nccc(C#N)c2N)CCOCC1. The first-order valence-corrected chi connectivity index (χ1v) is 6.11. The van der Waals surface area contributed by atoms with E-state index in [1.165, 1.54) is 0 Å². The Hall–Kier alpha value is -1.80. The summed E-state index contributed by atoms with van der Waals surface area (Å²) in [7, 11) is 0. The smallest absolute Gasteiger partial charge is 0.150 e. The fraction of sp³-hybridized carbons (Fsp3) is 0.538. The Morgan fingerprint density at radius 3 is 2.94 bits per heavy atom. The van der Waals surface area contributed by atoms with Crippen LogP contribution in [0.2, 0.25) is 0 Å². The number of rotatable bonds is 3. The van der Waals surface area contributed by atoms with Crippen LogP contribution in [0.15, 0.2) is 12.3 Å². The maximum absolute atomic E-state index is 8.91. The topological polar surface area (TPSA) is 84.0 Å². The molecule has 2 heterocycles. The average molecular weight is 246 g/mol. The van der Waals surface area contributed by atoms with Gasteiger partial charge in [-0.3, -0.25) is 0 Å². The first kappa shape index (κ1) is 12.7. The van der Waals surface area contributed by atoms with Crippen LogP contribution in [0, 0.1) is 16.7 Å². The molecule has 18 heavy (non-hydrogen) atoms. The van der Waals surface area contributed by atoms with E-state index in [1.54, 1.807) is 12.3 Å². The Balaban J connectivity index is 2.04. The van der Waals surface area contributed by atoms with Gasteiger partial charge in [-0.25, -0.2) is 4.98 Å². The van der Waals surface area contributed by atoms with Crippen molar-refractivity contribution in [3.8, 4) is 6.07 Å². The van der Waals surface area contributed by atoms with Crippen molar-refractivity contribution in [1.82, 2.24) is 4.98 Å². The number of nitrogens with zero attached hydrogens (tertiary/aromatic N) is 2. The molecule has 1 aliphatic heterocycles. The van der Waals surface area contributed by atoms with Crippen molar-refractivity contribution < 1.29 is 4.74 Å². The summed E-state index contributed by atoms with van der Waals surface area (Å²) < 4.78 is 5.37. The third-order valence-corrected chi connectivity index (χ3v) is 3.49. The standard InChI is InChI=1S/C13H18N4O/c1-13(3-6-18-7-4-13)9-17-12-11(15)10(8-14)2-5-16-12/h2,5H,3-4,6-7,9,15H2,1H3,(H,16,17). The van der Waals surface area contributed by atoms with Gasteiger partial charge in [0.15, 0.2) is 5.82 Å². The third-order valence-electron chi connectivity index (χ3n) is 3.49. The van der Waals surface area contributed by atoms with E-state index in [2.05, 4.69) is 23.3 Å². The number of nitrogens with two attached hydrogens (primary N) is 1. The molecule has 5 nitrogen and oxygen atoms in total. The number of aromatic nitrogens is 1. The lowest BCUT2D eigenvalue weighted by Gasteiger charge is -2.33. The molecule has 0 bridgehead atoms. The van der Waals surface area contributed by atoms with Crippen LogP contribution in [0.4, 0.5) is 11.5 Å². The molecule has 0 spiro atoms. The van der Waals surface area contributed by atoms with Crippen molar-refractivity contribution >= 4 is 11.5 Å². The largest absolute Gasteiger partial charge is 0.395 e. The van der Waals surface area contributed by atoms with Crippen molar-refractivity contribution in [3.63, 3.8) is 0 Å². The van der Waals surface area contributed by atoms with E-state index in [4.69, 9.17) is 15.7 Å². The Kier molecular flexibility index (Phi) is 3.68. The lowest BCUT2D eigenvalue weighted by Crippen LogP contribution is -2.33. The third kappa shape index (κ3) is 2.71. The highest BCUT2D eigenvalue weighted by molar-refractivity contribution is 5.68. The van der Waals surface area contributed by atoms with Gasteiger partial charge in [-0.1, -0.05) is 6.92 Å². The number of anilines is 2. The summed E-state index contributed by atoms with van der Waals surface area (Å²) in [6, 6.07) is 3.68. The number of ether oxygens (including phenoxy) is 1. The van der Waals surface area contributed by atoms with Gasteiger partial charge in [0.2, 0.25) is 0 Å². The van der Waals surface area contributed by atoms with E-state index in [9.17, 15) is 0 Å². The van der Waals surface area contributed by atoms with Crippen LogP contribution in [0.3, 0.4) is 0 Å². The first-order chi connectivity index (χ1) is 8.64. The van der Waals surface area contributed by atoms with Gasteiger partial charge in [0.1, 0.15) is 6.07 Å². The lowest BCUT2D eigenvalue weighted by molar-refractivity contribution is 0.0300. The van der Waals surface area contributed by atoms with Gasteiger partial charge >= 0.3 is 0 Å². The van der Waals surface area contributed by atoms with Crippen LogP contribution in [0.1, 0.15) is 25.3 Å². The molecule has 1 aromatic heterocycles. The summed E-state index contributed by atoms with van der Waals surface area (Å²) in [6.07, 6.45) is 3.65. The van der Waals surface area contributed by atoms with Crippen molar-refractivity contribution in [1.29, 1.82) is 5.26 Å². The zero-order valence-electron chi connectivity index (χ0n) is 10.6. The summed E-state index contributed by atoms with van der Waals surface area (Å²) >= 11 is 0. The molecular formula is C13H18N4O. The molecule has 96 valence electrons. The second kappa shape index (κ2) is 5.23. The van der Waals surface area contributed by atoms with Gasteiger partial charge < -0.3 is 15.8 Å². The van der Waals surface area contributed by atoms with E-state index >= 15 is 0 Å². The van der Waals surface area contributed by atoms with E-state index in [0.717, 1.165) is 32.6 Å². The minimum Gasteiger partial charge on any atom is -0.395 e. The fourth-order valence-electron chi connectivity index (χ4n) is 2.05. The van der Waals surface area contributed by atoms with Gasteiger partial charge in [0, 0.05) is 26.0 Å². The van der Waals surface area contributed by atoms with Crippen LogP contribution < -0.4 is 11.1 Å². The van der Waals surface area contributed by atoms with E-state index < -0.39 is 0 Å². The van der Waals surface area contributed by atoms with E-state index in [0.29, 0.717) is 17.1 Å². The molecule has 0 unspecified atom stereocenters. The summed E-state index contributed by atoms with van der Waals surface area (Å²) in [4.78, 5) is 4.18. The molecule has 2 rings (SSSR count).